The Morgan fingerprint density at radius 3 is 1.97 bits per heavy atom. The maximum Gasteiger partial charge on any atom is 0.282 e. The van der Waals surface area contributed by atoms with Gasteiger partial charge in [-0.1, -0.05) is 47.5 Å². The van der Waals surface area contributed by atoms with E-state index in [-0.39, 0.29) is 11.8 Å². The average molecular weight is 426 g/mol. The van der Waals surface area contributed by atoms with E-state index in [0.29, 0.717) is 22.5 Å². The predicted octanol–water partition coefficient (Wildman–Crippen LogP) is 5.07. The topological polar surface area (TPSA) is 52.7 Å². The van der Waals surface area contributed by atoms with E-state index >= 15 is 0 Å². The molecule has 0 spiro atoms. The molecule has 0 unspecified atom stereocenters. The monoisotopic (exact) mass is 425 g/mol. The van der Waals surface area contributed by atoms with Crippen molar-refractivity contribution in [2.45, 2.75) is 20.8 Å². The van der Waals surface area contributed by atoms with Crippen LogP contribution in [-0.2, 0) is 9.59 Å². The lowest BCUT2D eigenvalue weighted by atomic mass is 10.0. The first kappa shape index (κ1) is 21.4. The largest absolute Gasteiger partial charge is 0.378 e. The summed E-state index contributed by atoms with van der Waals surface area (Å²) < 4.78 is 0. The molecule has 0 bridgehead atoms. The highest BCUT2D eigenvalue weighted by molar-refractivity contribution is 6.46. The van der Waals surface area contributed by atoms with Crippen LogP contribution in [0.1, 0.15) is 22.3 Å². The van der Waals surface area contributed by atoms with Gasteiger partial charge in [-0.25, -0.2) is 4.90 Å². The number of nitrogens with zero attached hydrogens (tertiary/aromatic N) is 2. The molecule has 0 atom stereocenters. The lowest BCUT2D eigenvalue weighted by Crippen LogP contribution is -2.32. The highest BCUT2D eigenvalue weighted by atomic mass is 16.2. The van der Waals surface area contributed by atoms with Gasteiger partial charge in [-0.2, -0.15) is 0 Å². The Labute approximate surface area is 189 Å². The SMILES string of the molecule is Cc1ccc(C2=C(Nc3ccc(C)cc3C)C(=O)N(c3ccc(N(C)C)cc3)C2=O)cc1. The van der Waals surface area contributed by atoms with Crippen molar-refractivity contribution in [3.63, 3.8) is 0 Å². The van der Waals surface area contributed by atoms with Crippen molar-refractivity contribution in [2.24, 2.45) is 0 Å². The highest BCUT2D eigenvalue weighted by Gasteiger charge is 2.40. The second-order valence-electron chi connectivity index (χ2n) is 8.42. The summed E-state index contributed by atoms with van der Waals surface area (Å²) in [6.07, 6.45) is 0. The van der Waals surface area contributed by atoms with Gasteiger partial charge >= 0.3 is 0 Å². The lowest BCUT2D eigenvalue weighted by molar-refractivity contribution is -0.120. The molecule has 0 aliphatic carbocycles. The Kier molecular flexibility index (Phi) is 5.57. The van der Waals surface area contributed by atoms with Crippen LogP contribution in [0.2, 0.25) is 0 Å². The van der Waals surface area contributed by atoms with E-state index in [0.717, 1.165) is 28.1 Å². The Hall–Kier alpha value is -3.86. The number of aryl methyl sites for hydroxylation is 3. The van der Waals surface area contributed by atoms with Gasteiger partial charge in [0.2, 0.25) is 0 Å². The van der Waals surface area contributed by atoms with Crippen LogP contribution in [0.3, 0.4) is 0 Å². The van der Waals surface area contributed by atoms with Crippen LogP contribution in [0.5, 0.6) is 0 Å². The molecule has 0 saturated heterocycles. The van der Waals surface area contributed by atoms with Crippen LogP contribution >= 0.6 is 0 Å². The molecular weight excluding hydrogens is 398 g/mol. The van der Waals surface area contributed by atoms with E-state index in [1.807, 2.05) is 94.4 Å². The Bertz CT molecular complexity index is 1220. The molecule has 5 heteroatoms. The lowest BCUT2D eigenvalue weighted by Gasteiger charge is -2.18. The Balaban J connectivity index is 1.80. The molecule has 3 aromatic rings. The molecule has 1 aliphatic heterocycles. The Morgan fingerprint density at radius 1 is 0.750 bits per heavy atom. The molecule has 4 rings (SSSR count). The van der Waals surface area contributed by atoms with Crippen LogP contribution in [-0.4, -0.2) is 25.9 Å². The number of rotatable bonds is 5. The average Bonchev–Trinajstić information content (AvgIpc) is 3.00. The minimum atomic E-state index is -0.358. The molecule has 32 heavy (non-hydrogen) atoms. The number of benzene rings is 3. The normalized spacial score (nSPS) is 13.7. The first-order chi connectivity index (χ1) is 15.3. The van der Waals surface area contributed by atoms with Crippen molar-refractivity contribution in [1.82, 2.24) is 0 Å². The number of nitrogens with one attached hydrogen (secondary N) is 1. The van der Waals surface area contributed by atoms with Crippen LogP contribution in [0.25, 0.3) is 5.57 Å². The second-order valence-corrected chi connectivity index (χ2v) is 8.42. The molecule has 5 nitrogen and oxygen atoms in total. The number of carbonyl (C=O) groups is 2. The molecule has 0 fully saturated rings. The maximum absolute atomic E-state index is 13.6. The van der Waals surface area contributed by atoms with Crippen molar-refractivity contribution < 1.29 is 9.59 Å². The molecule has 1 aliphatic rings. The molecule has 0 aromatic heterocycles. The fraction of sp³-hybridized carbons (Fsp3) is 0.185. The third-order valence-corrected chi connectivity index (χ3v) is 5.69. The van der Waals surface area contributed by atoms with Crippen molar-refractivity contribution >= 4 is 34.4 Å². The molecule has 1 N–H and O–H groups in total. The fourth-order valence-electron chi connectivity index (χ4n) is 3.86. The maximum atomic E-state index is 13.6. The standard InChI is InChI=1S/C27H27N3O2/c1-17-6-9-20(10-7-17)24-25(28-23-15-8-18(2)16-19(23)3)27(32)30(26(24)31)22-13-11-21(12-14-22)29(4)5/h6-16,28H,1-5H3. The van der Waals surface area contributed by atoms with Gasteiger partial charge in [0.25, 0.3) is 11.8 Å². The summed E-state index contributed by atoms with van der Waals surface area (Å²) in [5.74, 6) is -0.688. The molecular formula is C27H27N3O2. The first-order valence-electron chi connectivity index (χ1n) is 10.6. The summed E-state index contributed by atoms with van der Waals surface area (Å²) in [6, 6.07) is 21.1. The van der Waals surface area contributed by atoms with Crippen molar-refractivity contribution in [2.75, 3.05) is 29.2 Å². The van der Waals surface area contributed by atoms with E-state index in [4.69, 9.17) is 0 Å². The minimum Gasteiger partial charge on any atom is -0.378 e. The summed E-state index contributed by atoms with van der Waals surface area (Å²) in [6.45, 7) is 6.00. The van der Waals surface area contributed by atoms with Gasteiger partial charge in [0, 0.05) is 25.5 Å². The van der Waals surface area contributed by atoms with Gasteiger partial charge in [0.05, 0.1) is 11.3 Å². The van der Waals surface area contributed by atoms with Crippen LogP contribution in [0, 0.1) is 20.8 Å². The van der Waals surface area contributed by atoms with E-state index in [2.05, 4.69) is 5.32 Å². The summed E-state index contributed by atoms with van der Waals surface area (Å²) in [5, 5.41) is 3.27. The van der Waals surface area contributed by atoms with Crippen LogP contribution in [0.4, 0.5) is 17.1 Å². The van der Waals surface area contributed by atoms with Gasteiger partial charge in [-0.3, -0.25) is 9.59 Å². The third kappa shape index (κ3) is 3.89. The van der Waals surface area contributed by atoms with E-state index in [9.17, 15) is 9.59 Å². The van der Waals surface area contributed by atoms with Gasteiger partial charge in [-0.15, -0.1) is 0 Å². The van der Waals surface area contributed by atoms with E-state index in [1.54, 1.807) is 12.1 Å². The number of hydrogen-bond acceptors (Lipinski definition) is 4. The van der Waals surface area contributed by atoms with Gasteiger partial charge in [0.15, 0.2) is 0 Å². The molecule has 3 aromatic carbocycles. The summed E-state index contributed by atoms with van der Waals surface area (Å²) in [4.78, 5) is 30.3. The third-order valence-electron chi connectivity index (χ3n) is 5.69. The fourth-order valence-corrected chi connectivity index (χ4v) is 3.86. The van der Waals surface area contributed by atoms with Crippen molar-refractivity contribution in [1.29, 1.82) is 0 Å². The Morgan fingerprint density at radius 2 is 1.38 bits per heavy atom. The molecule has 0 saturated carbocycles. The quantitative estimate of drug-likeness (QED) is 0.580. The predicted molar refractivity (Wildman–Crippen MR) is 131 cm³/mol. The molecule has 2 amide bonds. The number of anilines is 3. The first-order valence-corrected chi connectivity index (χ1v) is 10.6. The summed E-state index contributed by atoms with van der Waals surface area (Å²) in [7, 11) is 3.90. The van der Waals surface area contributed by atoms with E-state index < -0.39 is 0 Å². The minimum absolute atomic E-state index is 0.294. The molecule has 162 valence electrons. The summed E-state index contributed by atoms with van der Waals surface area (Å²) in [5.41, 5.74) is 6.97. The second kappa shape index (κ2) is 8.35. The van der Waals surface area contributed by atoms with Crippen LogP contribution in [0.15, 0.2) is 72.4 Å². The molecule has 0 radical (unpaired) electrons. The number of hydrogen-bond donors (Lipinski definition) is 1. The van der Waals surface area contributed by atoms with Gasteiger partial charge in [-0.05, 0) is 62.2 Å². The van der Waals surface area contributed by atoms with Gasteiger partial charge < -0.3 is 10.2 Å². The van der Waals surface area contributed by atoms with E-state index in [1.165, 1.54) is 4.90 Å². The van der Waals surface area contributed by atoms with Crippen molar-refractivity contribution in [3.8, 4) is 0 Å². The number of amides is 2. The molecule has 1 heterocycles. The zero-order valence-corrected chi connectivity index (χ0v) is 19.1. The zero-order valence-electron chi connectivity index (χ0n) is 19.1. The highest BCUT2D eigenvalue weighted by Crippen LogP contribution is 2.35. The number of carbonyl (C=O) groups excluding carboxylic acids is 2. The van der Waals surface area contributed by atoms with Crippen molar-refractivity contribution in [3.05, 3.63) is 94.7 Å². The zero-order chi connectivity index (χ0) is 23.0. The summed E-state index contributed by atoms with van der Waals surface area (Å²) >= 11 is 0. The van der Waals surface area contributed by atoms with Gasteiger partial charge in [0.1, 0.15) is 5.70 Å². The number of imide groups is 1. The smallest absolute Gasteiger partial charge is 0.282 e. The van der Waals surface area contributed by atoms with Crippen LogP contribution < -0.4 is 15.1 Å².